The molecule has 0 heterocycles. The molecule has 2 aromatic carbocycles. The van der Waals surface area contributed by atoms with Gasteiger partial charge in [-0.1, -0.05) is 26.0 Å². The first-order chi connectivity index (χ1) is 8.82. The Morgan fingerprint density at radius 3 is 1.32 bits per heavy atom. The van der Waals surface area contributed by atoms with Gasteiger partial charge in [-0.3, -0.25) is 0 Å². The van der Waals surface area contributed by atoms with Gasteiger partial charge in [-0.15, -0.1) is 0 Å². The van der Waals surface area contributed by atoms with Gasteiger partial charge in [-0.25, -0.2) is 0 Å². The number of aromatic hydroxyl groups is 4. The van der Waals surface area contributed by atoms with Gasteiger partial charge in [0, 0.05) is 5.41 Å². The van der Waals surface area contributed by atoms with Crippen LogP contribution in [0.4, 0.5) is 0 Å². The number of phenols is 4. The lowest BCUT2D eigenvalue weighted by Crippen LogP contribution is -2.18. The van der Waals surface area contributed by atoms with Crippen LogP contribution in [0.5, 0.6) is 23.0 Å². The first-order valence-electron chi connectivity index (χ1n) is 5.87. The average Bonchev–Trinajstić information content (AvgIpc) is 2.35. The molecular formula is C15H16O4. The van der Waals surface area contributed by atoms with E-state index in [0.29, 0.717) is 0 Å². The van der Waals surface area contributed by atoms with E-state index in [-0.39, 0.29) is 23.0 Å². The molecule has 100 valence electrons. The van der Waals surface area contributed by atoms with Crippen molar-refractivity contribution >= 4 is 0 Å². The van der Waals surface area contributed by atoms with Crippen LogP contribution >= 0.6 is 0 Å². The van der Waals surface area contributed by atoms with Crippen LogP contribution in [-0.4, -0.2) is 20.4 Å². The quantitative estimate of drug-likeness (QED) is 0.626. The van der Waals surface area contributed by atoms with Crippen molar-refractivity contribution in [1.82, 2.24) is 0 Å². The summed E-state index contributed by atoms with van der Waals surface area (Å²) in [5, 5.41) is 37.8. The van der Waals surface area contributed by atoms with Crippen molar-refractivity contribution in [3.63, 3.8) is 0 Å². The summed E-state index contributed by atoms with van der Waals surface area (Å²) in [6, 6.07) is 9.23. The van der Waals surface area contributed by atoms with E-state index in [4.69, 9.17) is 0 Å². The van der Waals surface area contributed by atoms with E-state index in [1.165, 1.54) is 24.3 Å². The SMILES string of the molecule is CC(C)(c1ccc(O)c(O)c1)c1ccc(O)c(O)c1. The van der Waals surface area contributed by atoms with E-state index in [1.807, 2.05) is 13.8 Å². The number of hydrogen-bond donors (Lipinski definition) is 4. The third-order valence-corrected chi connectivity index (χ3v) is 3.39. The van der Waals surface area contributed by atoms with Crippen molar-refractivity contribution in [1.29, 1.82) is 0 Å². The molecule has 0 unspecified atom stereocenters. The van der Waals surface area contributed by atoms with Gasteiger partial charge in [0.05, 0.1) is 0 Å². The lowest BCUT2D eigenvalue weighted by Gasteiger charge is -2.26. The first-order valence-corrected chi connectivity index (χ1v) is 5.87. The number of rotatable bonds is 2. The summed E-state index contributed by atoms with van der Waals surface area (Å²) in [5.74, 6) is -0.719. The van der Waals surface area contributed by atoms with E-state index >= 15 is 0 Å². The van der Waals surface area contributed by atoms with Crippen molar-refractivity contribution in [2.24, 2.45) is 0 Å². The van der Waals surface area contributed by atoms with Crippen LogP contribution in [0.2, 0.25) is 0 Å². The van der Waals surface area contributed by atoms with Gasteiger partial charge >= 0.3 is 0 Å². The summed E-state index contributed by atoms with van der Waals surface area (Å²) >= 11 is 0. The highest BCUT2D eigenvalue weighted by atomic mass is 16.3. The van der Waals surface area contributed by atoms with Gasteiger partial charge in [0.25, 0.3) is 0 Å². The van der Waals surface area contributed by atoms with Gasteiger partial charge < -0.3 is 20.4 Å². The van der Waals surface area contributed by atoms with Gasteiger partial charge in [0.1, 0.15) is 0 Å². The Morgan fingerprint density at radius 2 is 1.00 bits per heavy atom. The number of hydrogen-bond acceptors (Lipinski definition) is 4. The molecule has 0 aliphatic carbocycles. The molecule has 4 N–H and O–H groups in total. The van der Waals surface area contributed by atoms with Crippen molar-refractivity contribution < 1.29 is 20.4 Å². The highest BCUT2D eigenvalue weighted by Crippen LogP contribution is 2.38. The fourth-order valence-corrected chi connectivity index (χ4v) is 1.99. The average molecular weight is 260 g/mol. The minimum Gasteiger partial charge on any atom is -0.504 e. The Balaban J connectivity index is 2.51. The molecule has 0 bridgehead atoms. The van der Waals surface area contributed by atoms with Gasteiger partial charge in [-0.2, -0.15) is 0 Å². The first kappa shape index (κ1) is 13.1. The maximum Gasteiger partial charge on any atom is 0.157 e. The smallest absolute Gasteiger partial charge is 0.157 e. The molecule has 0 amide bonds. The summed E-state index contributed by atoms with van der Waals surface area (Å²) in [5.41, 5.74) is 1.08. The standard InChI is InChI=1S/C15H16O4/c1-15(2,9-3-5-11(16)13(18)7-9)10-4-6-12(17)14(19)8-10/h3-8,16-19H,1-2H3. The van der Waals surface area contributed by atoms with Gasteiger partial charge in [0.2, 0.25) is 0 Å². The Labute approximate surface area is 111 Å². The lowest BCUT2D eigenvalue weighted by atomic mass is 9.78. The number of phenolic OH excluding ortho intramolecular Hbond substituents is 4. The Kier molecular flexibility index (Phi) is 3.02. The van der Waals surface area contributed by atoms with E-state index in [1.54, 1.807) is 12.1 Å². The summed E-state index contributed by atoms with van der Waals surface area (Å²) < 4.78 is 0. The van der Waals surface area contributed by atoms with Crippen LogP contribution in [0.25, 0.3) is 0 Å². The van der Waals surface area contributed by atoms with Crippen LogP contribution in [-0.2, 0) is 5.41 Å². The summed E-state index contributed by atoms with van der Waals surface area (Å²) in [6.07, 6.45) is 0. The maximum atomic E-state index is 9.57. The molecule has 0 saturated carbocycles. The van der Waals surface area contributed by atoms with Gasteiger partial charge in [-0.05, 0) is 35.4 Å². The second-order valence-electron chi connectivity index (χ2n) is 5.03. The predicted octanol–water partition coefficient (Wildman–Crippen LogP) is 2.83. The van der Waals surface area contributed by atoms with Crippen LogP contribution < -0.4 is 0 Å². The topological polar surface area (TPSA) is 80.9 Å². The summed E-state index contributed by atoms with van der Waals surface area (Å²) in [6.45, 7) is 3.84. The van der Waals surface area contributed by atoms with E-state index in [2.05, 4.69) is 0 Å². The highest BCUT2D eigenvalue weighted by Gasteiger charge is 2.25. The van der Waals surface area contributed by atoms with E-state index in [0.717, 1.165) is 11.1 Å². The summed E-state index contributed by atoms with van der Waals surface area (Å²) in [4.78, 5) is 0. The van der Waals surface area contributed by atoms with Crippen molar-refractivity contribution in [3.05, 3.63) is 47.5 Å². The normalized spacial score (nSPS) is 11.5. The molecule has 0 radical (unpaired) electrons. The molecule has 0 aliphatic heterocycles. The second kappa shape index (κ2) is 4.39. The van der Waals surface area contributed by atoms with Gasteiger partial charge in [0.15, 0.2) is 23.0 Å². The molecule has 2 aromatic rings. The largest absolute Gasteiger partial charge is 0.504 e. The molecule has 4 nitrogen and oxygen atoms in total. The Morgan fingerprint density at radius 1 is 0.632 bits per heavy atom. The molecule has 0 fully saturated rings. The van der Waals surface area contributed by atoms with Crippen molar-refractivity contribution in [2.75, 3.05) is 0 Å². The molecular weight excluding hydrogens is 244 g/mol. The fraction of sp³-hybridized carbons (Fsp3) is 0.200. The minimum absolute atomic E-state index is 0.173. The van der Waals surface area contributed by atoms with Crippen LogP contribution in [0.3, 0.4) is 0 Å². The molecule has 4 heteroatoms. The zero-order valence-corrected chi connectivity index (χ0v) is 10.8. The maximum absolute atomic E-state index is 9.57. The second-order valence-corrected chi connectivity index (χ2v) is 5.03. The third-order valence-electron chi connectivity index (χ3n) is 3.39. The zero-order chi connectivity index (χ0) is 14.2. The third kappa shape index (κ3) is 2.29. The number of benzene rings is 2. The predicted molar refractivity (Wildman–Crippen MR) is 71.7 cm³/mol. The van der Waals surface area contributed by atoms with E-state index in [9.17, 15) is 20.4 Å². The molecule has 2 rings (SSSR count). The van der Waals surface area contributed by atoms with Crippen LogP contribution in [0.1, 0.15) is 25.0 Å². The fourth-order valence-electron chi connectivity index (χ4n) is 1.99. The van der Waals surface area contributed by atoms with Crippen LogP contribution in [0, 0.1) is 0 Å². The zero-order valence-electron chi connectivity index (χ0n) is 10.8. The molecule has 0 saturated heterocycles. The van der Waals surface area contributed by atoms with Crippen LogP contribution in [0.15, 0.2) is 36.4 Å². The van der Waals surface area contributed by atoms with Crippen molar-refractivity contribution in [3.8, 4) is 23.0 Å². The minimum atomic E-state index is -0.490. The molecule has 0 atom stereocenters. The Hall–Kier alpha value is -2.36. The lowest BCUT2D eigenvalue weighted by molar-refractivity contribution is 0.400. The summed E-state index contributed by atoms with van der Waals surface area (Å²) in [7, 11) is 0. The Bertz CT molecular complexity index is 564. The highest BCUT2D eigenvalue weighted by molar-refractivity contribution is 5.49. The van der Waals surface area contributed by atoms with E-state index < -0.39 is 5.41 Å². The monoisotopic (exact) mass is 260 g/mol. The molecule has 0 spiro atoms. The molecule has 19 heavy (non-hydrogen) atoms. The molecule has 0 aliphatic rings. The molecule has 0 aromatic heterocycles. The van der Waals surface area contributed by atoms with Crippen molar-refractivity contribution in [2.45, 2.75) is 19.3 Å².